The number of nitrogens with one attached hydrogen (secondary N) is 2. The van der Waals surface area contributed by atoms with Gasteiger partial charge in [0.15, 0.2) is 5.11 Å². The van der Waals surface area contributed by atoms with Gasteiger partial charge in [0.25, 0.3) is 0 Å². The van der Waals surface area contributed by atoms with Gasteiger partial charge in [-0.2, -0.15) is 0 Å². The van der Waals surface area contributed by atoms with E-state index in [0.29, 0.717) is 5.69 Å². The summed E-state index contributed by atoms with van der Waals surface area (Å²) in [7, 11) is 0. The molecule has 0 aliphatic rings. The second-order valence-electron chi connectivity index (χ2n) is 6.05. The third-order valence-corrected chi connectivity index (χ3v) is 4.37. The molecule has 3 aromatic carbocycles. The Bertz CT molecular complexity index is 951. The van der Waals surface area contributed by atoms with E-state index in [4.69, 9.17) is 12.2 Å². The normalized spacial score (nSPS) is 10.3. The van der Waals surface area contributed by atoms with Gasteiger partial charge in [-0.15, -0.1) is 0 Å². The Kier molecular flexibility index (Phi) is 6.14. The topological polar surface area (TPSA) is 78.4 Å². The molecule has 1 amide bonds. The number of hydrogen-bond acceptors (Lipinski definition) is 3. The summed E-state index contributed by atoms with van der Waals surface area (Å²) in [5, 5.41) is 14.8. The van der Waals surface area contributed by atoms with Gasteiger partial charge in [0, 0.05) is 0 Å². The van der Waals surface area contributed by atoms with Crippen molar-refractivity contribution in [3.05, 3.63) is 102 Å². The van der Waals surface area contributed by atoms with Gasteiger partial charge < -0.3 is 15.7 Å². The molecular weight excluding hydrogens is 372 g/mol. The summed E-state index contributed by atoms with van der Waals surface area (Å²) in [5.74, 6) is -1.93. The number of amides is 1. The Morgan fingerprint density at radius 3 is 1.82 bits per heavy atom. The first-order chi connectivity index (χ1) is 13.6. The number of para-hydroxylation sites is 1. The molecule has 140 valence electrons. The van der Waals surface area contributed by atoms with Crippen LogP contribution in [0.4, 0.5) is 5.69 Å². The quantitative estimate of drug-likeness (QED) is 0.573. The average Bonchev–Trinajstić information content (AvgIpc) is 2.70. The molecular formula is C22H18N2O3S. The first kappa shape index (κ1) is 19.3. The zero-order valence-corrected chi connectivity index (χ0v) is 15.6. The van der Waals surface area contributed by atoms with Crippen LogP contribution in [0, 0.1) is 0 Å². The second kappa shape index (κ2) is 8.92. The highest BCUT2D eigenvalue weighted by atomic mass is 32.1. The molecule has 0 atom stereocenters. The lowest BCUT2D eigenvalue weighted by Crippen LogP contribution is -2.38. The lowest BCUT2D eigenvalue weighted by atomic mass is 9.90. The number of carboxylic acid groups (broad SMARTS) is 1. The maximum absolute atomic E-state index is 13.0. The fourth-order valence-corrected chi connectivity index (χ4v) is 3.11. The van der Waals surface area contributed by atoms with Gasteiger partial charge in [-0.3, -0.25) is 4.79 Å². The van der Waals surface area contributed by atoms with Crippen LogP contribution < -0.4 is 10.6 Å². The Hall–Kier alpha value is -3.51. The maximum Gasteiger partial charge on any atom is 0.337 e. The lowest BCUT2D eigenvalue weighted by molar-refractivity contribution is -0.120. The monoisotopic (exact) mass is 390 g/mol. The number of hydrogen-bond donors (Lipinski definition) is 3. The molecule has 0 unspecified atom stereocenters. The lowest BCUT2D eigenvalue weighted by Gasteiger charge is -2.19. The molecule has 0 heterocycles. The van der Waals surface area contributed by atoms with Crippen LogP contribution in [0.2, 0.25) is 0 Å². The number of thiocarbonyl (C=S) groups is 1. The van der Waals surface area contributed by atoms with Crippen LogP contribution in [0.25, 0.3) is 0 Å². The number of carbonyl (C=O) groups excluding carboxylic acids is 1. The Balaban J connectivity index is 1.81. The third-order valence-electron chi connectivity index (χ3n) is 4.17. The van der Waals surface area contributed by atoms with Crippen molar-refractivity contribution in [2.75, 3.05) is 5.32 Å². The van der Waals surface area contributed by atoms with E-state index in [0.717, 1.165) is 11.1 Å². The summed E-state index contributed by atoms with van der Waals surface area (Å²) in [5.41, 5.74) is 2.05. The highest BCUT2D eigenvalue weighted by Crippen LogP contribution is 2.25. The van der Waals surface area contributed by atoms with E-state index in [1.165, 1.54) is 6.07 Å². The van der Waals surface area contributed by atoms with Crippen LogP contribution in [0.15, 0.2) is 84.9 Å². The van der Waals surface area contributed by atoms with Gasteiger partial charge in [-0.25, -0.2) is 4.79 Å². The molecule has 0 saturated carbocycles. The van der Waals surface area contributed by atoms with Gasteiger partial charge >= 0.3 is 5.97 Å². The summed E-state index contributed by atoms with van der Waals surface area (Å²) >= 11 is 5.24. The van der Waals surface area contributed by atoms with Gasteiger partial charge in [-0.1, -0.05) is 72.8 Å². The fourth-order valence-electron chi connectivity index (χ4n) is 2.90. The predicted molar refractivity (Wildman–Crippen MR) is 112 cm³/mol. The molecule has 3 aromatic rings. The molecule has 0 aliphatic heterocycles. The van der Waals surface area contributed by atoms with Gasteiger partial charge in [0.05, 0.1) is 17.2 Å². The minimum absolute atomic E-state index is 0.0376. The van der Waals surface area contributed by atoms with Crippen molar-refractivity contribution in [3.8, 4) is 0 Å². The number of aromatic carboxylic acids is 1. The smallest absolute Gasteiger partial charge is 0.337 e. The van der Waals surface area contributed by atoms with Gasteiger partial charge in [0.1, 0.15) is 0 Å². The van der Waals surface area contributed by atoms with E-state index in [-0.39, 0.29) is 16.6 Å². The van der Waals surface area contributed by atoms with Crippen molar-refractivity contribution in [3.63, 3.8) is 0 Å². The molecule has 3 rings (SSSR count). The van der Waals surface area contributed by atoms with Crippen molar-refractivity contribution >= 4 is 34.9 Å². The number of carbonyl (C=O) groups is 2. The molecule has 28 heavy (non-hydrogen) atoms. The predicted octanol–water partition coefficient (Wildman–Crippen LogP) is 4.03. The summed E-state index contributed by atoms with van der Waals surface area (Å²) in [4.78, 5) is 24.3. The molecule has 0 fully saturated rings. The highest BCUT2D eigenvalue weighted by Gasteiger charge is 2.23. The number of rotatable bonds is 5. The minimum atomic E-state index is -1.08. The molecule has 0 bridgehead atoms. The summed E-state index contributed by atoms with van der Waals surface area (Å²) < 4.78 is 0. The molecule has 0 aromatic heterocycles. The first-order valence-corrected chi connectivity index (χ1v) is 9.01. The van der Waals surface area contributed by atoms with Gasteiger partial charge in [0.2, 0.25) is 5.91 Å². The van der Waals surface area contributed by atoms with Crippen LogP contribution >= 0.6 is 12.2 Å². The molecule has 0 spiro atoms. The zero-order valence-electron chi connectivity index (χ0n) is 14.8. The molecule has 3 N–H and O–H groups in total. The van der Waals surface area contributed by atoms with Crippen molar-refractivity contribution in [1.82, 2.24) is 5.32 Å². The van der Waals surface area contributed by atoms with Crippen LogP contribution in [0.1, 0.15) is 27.4 Å². The van der Waals surface area contributed by atoms with Crippen LogP contribution in [-0.4, -0.2) is 22.1 Å². The fraction of sp³-hybridized carbons (Fsp3) is 0.0455. The summed E-state index contributed by atoms with van der Waals surface area (Å²) in [6.07, 6.45) is 0. The third kappa shape index (κ3) is 4.61. The molecule has 0 saturated heterocycles. The van der Waals surface area contributed by atoms with E-state index in [1.807, 2.05) is 60.7 Å². The van der Waals surface area contributed by atoms with E-state index in [2.05, 4.69) is 10.6 Å². The van der Waals surface area contributed by atoms with E-state index >= 15 is 0 Å². The summed E-state index contributed by atoms with van der Waals surface area (Å²) in [6.45, 7) is 0. The second-order valence-corrected chi connectivity index (χ2v) is 6.46. The number of anilines is 1. The number of carboxylic acids is 1. The van der Waals surface area contributed by atoms with E-state index < -0.39 is 11.9 Å². The highest BCUT2D eigenvalue weighted by molar-refractivity contribution is 7.80. The summed E-state index contributed by atoms with van der Waals surface area (Å²) in [6, 6.07) is 25.2. The molecule has 0 aliphatic carbocycles. The SMILES string of the molecule is O=C(O)c1ccccc1NC(=S)NC(=O)C(c1ccccc1)c1ccccc1. The first-order valence-electron chi connectivity index (χ1n) is 8.60. The van der Waals surface area contributed by atoms with E-state index in [1.54, 1.807) is 18.2 Å². The van der Waals surface area contributed by atoms with Crippen LogP contribution in [-0.2, 0) is 4.79 Å². The molecule has 6 heteroatoms. The van der Waals surface area contributed by atoms with Crippen LogP contribution in [0.5, 0.6) is 0 Å². The van der Waals surface area contributed by atoms with Crippen molar-refractivity contribution in [2.24, 2.45) is 0 Å². The Morgan fingerprint density at radius 1 is 0.786 bits per heavy atom. The van der Waals surface area contributed by atoms with Crippen molar-refractivity contribution < 1.29 is 14.7 Å². The average molecular weight is 390 g/mol. The van der Waals surface area contributed by atoms with E-state index in [9.17, 15) is 14.7 Å². The Morgan fingerprint density at radius 2 is 1.29 bits per heavy atom. The largest absolute Gasteiger partial charge is 0.478 e. The zero-order chi connectivity index (χ0) is 19.9. The molecule has 5 nitrogen and oxygen atoms in total. The standard InChI is InChI=1S/C22H18N2O3S/c25-20(24-22(28)23-18-14-8-7-13-17(18)21(26)27)19(15-9-3-1-4-10-15)16-11-5-2-6-12-16/h1-14,19H,(H,26,27)(H2,23,24,25,28). The maximum atomic E-state index is 13.0. The van der Waals surface area contributed by atoms with Crippen LogP contribution in [0.3, 0.4) is 0 Å². The van der Waals surface area contributed by atoms with Gasteiger partial charge in [-0.05, 0) is 35.5 Å². The molecule has 0 radical (unpaired) electrons. The van der Waals surface area contributed by atoms with Crippen molar-refractivity contribution in [2.45, 2.75) is 5.92 Å². The Labute approximate surface area is 168 Å². The van der Waals surface area contributed by atoms with Crippen molar-refractivity contribution in [1.29, 1.82) is 0 Å². The number of benzene rings is 3. The minimum Gasteiger partial charge on any atom is -0.478 e.